The third-order valence-corrected chi connectivity index (χ3v) is 3.89. The molecule has 1 heterocycles. The normalized spacial score (nSPS) is 16.1. The zero-order valence-electron chi connectivity index (χ0n) is 14.3. The van der Waals surface area contributed by atoms with E-state index in [9.17, 15) is 26.3 Å². The van der Waals surface area contributed by atoms with Crippen molar-refractivity contribution in [1.29, 1.82) is 0 Å². The Bertz CT molecular complexity index is 1020. The van der Waals surface area contributed by atoms with Gasteiger partial charge in [0.15, 0.2) is 0 Å². The summed E-state index contributed by atoms with van der Waals surface area (Å²) in [6.07, 6.45) is -2.04. The number of rotatable bonds is 2. The van der Waals surface area contributed by atoms with Gasteiger partial charge in [-0.1, -0.05) is 18.1 Å². The van der Waals surface area contributed by atoms with Gasteiger partial charge in [0.2, 0.25) is 0 Å². The summed E-state index contributed by atoms with van der Waals surface area (Å²) in [6.45, 7) is 1.84. The summed E-state index contributed by atoms with van der Waals surface area (Å²) in [5.74, 6) is -1.15. The van der Waals surface area contributed by atoms with Crippen LogP contribution in [0.2, 0.25) is 0 Å². The first kappa shape index (κ1) is 19.5. The molecule has 1 atom stereocenters. The molecule has 3 rings (SSSR count). The number of nitrogens with zero attached hydrogens (tertiary/aromatic N) is 1. The highest BCUT2D eigenvalue weighted by atomic mass is 19.4. The van der Waals surface area contributed by atoms with Gasteiger partial charge >= 0.3 is 6.18 Å². The monoisotopic (exact) mass is 394 g/mol. The fourth-order valence-corrected chi connectivity index (χ4v) is 2.58. The van der Waals surface area contributed by atoms with Crippen molar-refractivity contribution >= 4 is 6.21 Å². The molecule has 0 spiro atoms. The Hall–Kier alpha value is -3.21. The lowest BCUT2D eigenvalue weighted by Crippen LogP contribution is -2.17. The Morgan fingerprint density at radius 3 is 2.21 bits per heavy atom. The molecule has 0 radical (unpaired) electrons. The Kier molecular flexibility index (Phi) is 5.18. The fourth-order valence-electron chi connectivity index (χ4n) is 2.58. The van der Waals surface area contributed by atoms with Crippen LogP contribution in [0.4, 0.5) is 26.3 Å². The van der Waals surface area contributed by atoms with Crippen molar-refractivity contribution in [3.8, 4) is 23.0 Å². The maximum Gasteiger partial charge on any atom is 0.458 e. The van der Waals surface area contributed by atoms with Crippen molar-refractivity contribution in [2.24, 2.45) is 4.99 Å². The molecule has 144 valence electrons. The maximum absolute atomic E-state index is 14.5. The summed E-state index contributed by atoms with van der Waals surface area (Å²) >= 11 is 0. The molecule has 0 bridgehead atoms. The van der Waals surface area contributed by atoms with Gasteiger partial charge in [0.1, 0.15) is 23.6 Å². The molecule has 0 saturated heterocycles. The molecular weight excluding hydrogens is 382 g/mol. The largest absolute Gasteiger partial charge is 0.458 e. The quantitative estimate of drug-likeness (QED) is 0.545. The van der Waals surface area contributed by atoms with Crippen molar-refractivity contribution in [3.05, 3.63) is 70.7 Å². The van der Waals surface area contributed by atoms with E-state index >= 15 is 0 Å². The number of halogens is 6. The summed E-state index contributed by atoms with van der Waals surface area (Å²) in [4.78, 5) is 4.21. The Labute approximate surface area is 156 Å². The van der Waals surface area contributed by atoms with Gasteiger partial charge in [0, 0.05) is 23.9 Å². The van der Waals surface area contributed by atoms with Gasteiger partial charge in [-0.3, -0.25) is 4.99 Å². The van der Waals surface area contributed by atoms with E-state index in [-0.39, 0.29) is 11.1 Å². The standard InChI is InChI=1S/C20H12F6N2/c1-11-9-27-19(28-10-11)12-2-3-14(16(21)6-12)13-7-17(22)15(18(23)8-13)4-5-20(24,25)26/h2-3,6-10,19,27H,1H3. The summed E-state index contributed by atoms with van der Waals surface area (Å²) in [6, 6.07) is 5.51. The molecule has 1 aliphatic rings. The maximum atomic E-state index is 14.5. The van der Waals surface area contributed by atoms with E-state index in [0.717, 1.165) is 23.6 Å². The topological polar surface area (TPSA) is 24.4 Å². The fraction of sp³-hybridized carbons (Fsp3) is 0.150. The van der Waals surface area contributed by atoms with E-state index in [1.165, 1.54) is 24.1 Å². The van der Waals surface area contributed by atoms with Crippen LogP contribution in [0.25, 0.3) is 11.1 Å². The zero-order valence-corrected chi connectivity index (χ0v) is 14.3. The molecule has 2 aromatic carbocycles. The van der Waals surface area contributed by atoms with Crippen LogP contribution >= 0.6 is 0 Å². The van der Waals surface area contributed by atoms with E-state index < -0.39 is 35.4 Å². The second kappa shape index (κ2) is 7.43. The van der Waals surface area contributed by atoms with Gasteiger partial charge in [-0.2, -0.15) is 13.2 Å². The molecule has 2 nitrogen and oxygen atoms in total. The van der Waals surface area contributed by atoms with Crippen LogP contribution in [0.1, 0.15) is 24.2 Å². The van der Waals surface area contributed by atoms with Gasteiger partial charge in [-0.15, -0.1) is 0 Å². The second-order valence-electron chi connectivity index (χ2n) is 6.04. The predicted molar refractivity (Wildman–Crippen MR) is 92.8 cm³/mol. The SMILES string of the molecule is CC1=CNC(c2ccc(-c3cc(F)c(C#CC(F)(F)F)c(F)c3)c(F)c2)N=C1. The van der Waals surface area contributed by atoms with Crippen LogP contribution in [-0.2, 0) is 0 Å². The van der Waals surface area contributed by atoms with E-state index in [1.54, 1.807) is 12.4 Å². The van der Waals surface area contributed by atoms with Crippen molar-refractivity contribution in [2.75, 3.05) is 0 Å². The minimum atomic E-state index is -4.89. The number of aliphatic imine (C=N–C) groups is 1. The second-order valence-corrected chi connectivity index (χ2v) is 6.04. The van der Waals surface area contributed by atoms with Crippen LogP contribution in [0, 0.1) is 29.3 Å². The number of benzene rings is 2. The Morgan fingerprint density at radius 2 is 1.68 bits per heavy atom. The number of nitrogens with one attached hydrogen (secondary N) is 1. The molecular formula is C20H12F6N2. The molecule has 1 unspecified atom stereocenters. The highest BCUT2D eigenvalue weighted by Gasteiger charge is 2.24. The van der Waals surface area contributed by atoms with Gasteiger partial charge in [0.05, 0.1) is 5.56 Å². The van der Waals surface area contributed by atoms with Crippen molar-refractivity contribution < 1.29 is 26.3 Å². The van der Waals surface area contributed by atoms with E-state index in [4.69, 9.17) is 0 Å². The average Bonchev–Trinajstić information content (AvgIpc) is 2.60. The van der Waals surface area contributed by atoms with Gasteiger partial charge in [-0.25, -0.2) is 13.2 Å². The highest BCUT2D eigenvalue weighted by molar-refractivity contribution is 5.78. The first-order chi connectivity index (χ1) is 13.1. The lowest BCUT2D eigenvalue weighted by molar-refractivity contribution is -0.0696. The van der Waals surface area contributed by atoms with E-state index in [2.05, 4.69) is 10.3 Å². The Balaban J connectivity index is 1.94. The lowest BCUT2D eigenvalue weighted by Gasteiger charge is -2.18. The molecule has 1 aliphatic heterocycles. The van der Waals surface area contributed by atoms with Crippen molar-refractivity contribution in [2.45, 2.75) is 19.3 Å². The van der Waals surface area contributed by atoms with E-state index in [1.807, 2.05) is 6.92 Å². The minimum absolute atomic E-state index is 0.108. The van der Waals surface area contributed by atoms with Crippen LogP contribution in [0.3, 0.4) is 0 Å². The third-order valence-electron chi connectivity index (χ3n) is 3.89. The van der Waals surface area contributed by atoms with Crippen LogP contribution < -0.4 is 5.32 Å². The summed E-state index contributed by atoms with van der Waals surface area (Å²) in [5, 5.41) is 2.97. The van der Waals surface area contributed by atoms with Gasteiger partial charge in [0.25, 0.3) is 0 Å². The first-order valence-electron chi connectivity index (χ1n) is 7.99. The van der Waals surface area contributed by atoms with Crippen LogP contribution in [0.15, 0.2) is 47.1 Å². The number of hydrogen-bond acceptors (Lipinski definition) is 2. The summed E-state index contributed by atoms with van der Waals surface area (Å²) in [5.41, 5.74) is 0.0970. The van der Waals surface area contributed by atoms with Gasteiger partial charge in [-0.05, 0) is 41.8 Å². The predicted octanol–water partition coefficient (Wildman–Crippen LogP) is 5.26. The van der Waals surface area contributed by atoms with E-state index in [0.29, 0.717) is 5.56 Å². The first-order valence-corrected chi connectivity index (χ1v) is 7.99. The molecule has 0 fully saturated rings. The molecule has 8 heteroatoms. The van der Waals surface area contributed by atoms with Crippen LogP contribution in [0.5, 0.6) is 0 Å². The molecule has 0 saturated carbocycles. The molecule has 28 heavy (non-hydrogen) atoms. The third kappa shape index (κ3) is 4.36. The number of allylic oxidation sites excluding steroid dienone is 1. The zero-order chi connectivity index (χ0) is 20.5. The average molecular weight is 394 g/mol. The van der Waals surface area contributed by atoms with Crippen molar-refractivity contribution in [3.63, 3.8) is 0 Å². The Morgan fingerprint density at radius 1 is 1.00 bits per heavy atom. The summed E-state index contributed by atoms with van der Waals surface area (Å²) < 4.78 is 79.0. The van der Waals surface area contributed by atoms with Gasteiger partial charge < -0.3 is 5.32 Å². The molecule has 0 amide bonds. The molecule has 0 aromatic heterocycles. The summed E-state index contributed by atoms with van der Waals surface area (Å²) in [7, 11) is 0. The lowest BCUT2D eigenvalue weighted by atomic mass is 10.00. The highest BCUT2D eigenvalue weighted by Crippen LogP contribution is 2.29. The molecule has 2 aromatic rings. The number of hydrogen-bond donors (Lipinski definition) is 1. The molecule has 1 N–H and O–H groups in total. The minimum Gasteiger partial charge on any atom is -0.366 e. The van der Waals surface area contributed by atoms with Crippen molar-refractivity contribution in [1.82, 2.24) is 5.32 Å². The molecule has 0 aliphatic carbocycles. The number of alkyl halides is 3. The smallest absolute Gasteiger partial charge is 0.366 e. The van der Waals surface area contributed by atoms with Crippen LogP contribution in [-0.4, -0.2) is 12.4 Å².